The minimum atomic E-state index is -0.217. The summed E-state index contributed by atoms with van der Waals surface area (Å²) in [5, 5.41) is 25.3. The minimum absolute atomic E-state index is 0.183. The monoisotopic (exact) mass is 235 g/mol. The molecule has 1 heterocycles. The summed E-state index contributed by atoms with van der Waals surface area (Å²) >= 11 is 0. The molecule has 0 bridgehead atoms. The Morgan fingerprint density at radius 2 is 2.00 bits per heavy atom. The molecule has 0 radical (unpaired) electrons. The zero-order valence-electron chi connectivity index (χ0n) is 9.51. The number of phenols is 2. The Balaban J connectivity index is 2.27. The Bertz CT molecular complexity index is 522. The average Bonchev–Trinajstić information content (AvgIpc) is 2.69. The SMILES string of the molecule is CC(C)Nc1nc(-c2ccc(O)c(O)c2)no1. The van der Waals surface area contributed by atoms with Gasteiger partial charge in [0.25, 0.3) is 0 Å². The molecule has 0 aliphatic heterocycles. The van der Waals surface area contributed by atoms with E-state index in [0.29, 0.717) is 17.4 Å². The van der Waals surface area contributed by atoms with E-state index >= 15 is 0 Å². The maximum atomic E-state index is 9.36. The van der Waals surface area contributed by atoms with Crippen molar-refractivity contribution >= 4 is 6.01 Å². The van der Waals surface area contributed by atoms with Gasteiger partial charge in [-0.2, -0.15) is 4.98 Å². The van der Waals surface area contributed by atoms with E-state index in [-0.39, 0.29) is 17.5 Å². The lowest BCUT2D eigenvalue weighted by atomic mass is 10.2. The number of anilines is 1. The molecule has 0 unspecified atom stereocenters. The van der Waals surface area contributed by atoms with Gasteiger partial charge in [-0.05, 0) is 32.0 Å². The van der Waals surface area contributed by atoms with Crippen molar-refractivity contribution in [2.75, 3.05) is 5.32 Å². The number of nitrogens with zero attached hydrogens (tertiary/aromatic N) is 2. The van der Waals surface area contributed by atoms with Gasteiger partial charge in [-0.25, -0.2) is 0 Å². The van der Waals surface area contributed by atoms with Crippen molar-refractivity contribution in [1.82, 2.24) is 10.1 Å². The Morgan fingerprint density at radius 1 is 1.24 bits per heavy atom. The smallest absolute Gasteiger partial charge is 0.321 e. The second-order valence-electron chi connectivity index (χ2n) is 3.93. The molecule has 90 valence electrons. The highest BCUT2D eigenvalue weighted by molar-refractivity contribution is 5.60. The molecule has 0 saturated carbocycles. The summed E-state index contributed by atoms with van der Waals surface area (Å²) in [5.74, 6) is -0.0492. The molecule has 0 aliphatic carbocycles. The lowest BCUT2D eigenvalue weighted by molar-refractivity contribution is 0.403. The Labute approximate surface area is 97.9 Å². The zero-order chi connectivity index (χ0) is 12.4. The van der Waals surface area contributed by atoms with E-state index in [1.807, 2.05) is 13.8 Å². The first-order valence-electron chi connectivity index (χ1n) is 5.19. The van der Waals surface area contributed by atoms with Crippen LogP contribution < -0.4 is 5.32 Å². The van der Waals surface area contributed by atoms with E-state index in [0.717, 1.165) is 0 Å². The third-order valence-electron chi connectivity index (χ3n) is 2.07. The average molecular weight is 235 g/mol. The quantitative estimate of drug-likeness (QED) is 0.704. The summed E-state index contributed by atoms with van der Waals surface area (Å²) in [5.41, 5.74) is 0.570. The molecular formula is C11H13N3O3. The number of aromatic hydroxyl groups is 2. The fourth-order valence-electron chi connectivity index (χ4n) is 1.31. The number of aromatic nitrogens is 2. The van der Waals surface area contributed by atoms with Crippen LogP contribution in [0.4, 0.5) is 6.01 Å². The van der Waals surface area contributed by atoms with Crippen LogP contribution in [0.25, 0.3) is 11.4 Å². The Morgan fingerprint density at radius 3 is 2.65 bits per heavy atom. The van der Waals surface area contributed by atoms with Crippen LogP contribution in [0.3, 0.4) is 0 Å². The van der Waals surface area contributed by atoms with Gasteiger partial charge >= 0.3 is 6.01 Å². The molecule has 6 heteroatoms. The summed E-state index contributed by atoms with van der Waals surface area (Å²) in [4.78, 5) is 4.11. The highest BCUT2D eigenvalue weighted by atomic mass is 16.5. The molecule has 0 amide bonds. The van der Waals surface area contributed by atoms with Gasteiger partial charge in [0.15, 0.2) is 11.5 Å². The van der Waals surface area contributed by atoms with E-state index in [4.69, 9.17) is 4.52 Å². The highest BCUT2D eigenvalue weighted by Gasteiger charge is 2.10. The predicted molar refractivity (Wildman–Crippen MR) is 61.8 cm³/mol. The van der Waals surface area contributed by atoms with Crippen LogP contribution in [0.1, 0.15) is 13.8 Å². The van der Waals surface area contributed by atoms with Gasteiger partial charge in [0, 0.05) is 11.6 Å². The third-order valence-corrected chi connectivity index (χ3v) is 2.07. The van der Waals surface area contributed by atoms with Crippen molar-refractivity contribution in [3.8, 4) is 22.9 Å². The van der Waals surface area contributed by atoms with E-state index < -0.39 is 0 Å². The van der Waals surface area contributed by atoms with Gasteiger partial charge in [-0.1, -0.05) is 5.16 Å². The van der Waals surface area contributed by atoms with Gasteiger partial charge in [-0.3, -0.25) is 0 Å². The van der Waals surface area contributed by atoms with E-state index in [1.54, 1.807) is 6.07 Å². The molecule has 0 atom stereocenters. The second-order valence-corrected chi connectivity index (χ2v) is 3.93. The van der Waals surface area contributed by atoms with Crippen LogP contribution in [-0.2, 0) is 0 Å². The summed E-state index contributed by atoms with van der Waals surface area (Å²) in [7, 11) is 0. The fraction of sp³-hybridized carbons (Fsp3) is 0.273. The van der Waals surface area contributed by atoms with Crippen molar-refractivity contribution in [3.05, 3.63) is 18.2 Å². The molecule has 0 fully saturated rings. The number of hydrogen-bond donors (Lipinski definition) is 3. The normalized spacial score (nSPS) is 10.8. The van der Waals surface area contributed by atoms with Crippen LogP contribution in [0, 0.1) is 0 Å². The van der Waals surface area contributed by atoms with Gasteiger partial charge in [0.2, 0.25) is 5.82 Å². The van der Waals surface area contributed by atoms with E-state index in [1.165, 1.54) is 12.1 Å². The maximum absolute atomic E-state index is 9.36. The number of rotatable bonds is 3. The van der Waals surface area contributed by atoms with Crippen LogP contribution >= 0.6 is 0 Å². The molecule has 1 aromatic carbocycles. The fourth-order valence-corrected chi connectivity index (χ4v) is 1.31. The van der Waals surface area contributed by atoms with Crippen LogP contribution in [0.5, 0.6) is 11.5 Å². The molecule has 0 aliphatic rings. The Kier molecular flexibility index (Phi) is 2.86. The van der Waals surface area contributed by atoms with Crippen LogP contribution in [-0.4, -0.2) is 26.4 Å². The molecule has 6 nitrogen and oxygen atoms in total. The minimum Gasteiger partial charge on any atom is -0.504 e. The lowest BCUT2D eigenvalue weighted by Crippen LogP contribution is -2.09. The van der Waals surface area contributed by atoms with Crippen LogP contribution in [0.15, 0.2) is 22.7 Å². The van der Waals surface area contributed by atoms with Crippen LogP contribution in [0.2, 0.25) is 0 Å². The van der Waals surface area contributed by atoms with Gasteiger partial charge in [0.05, 0.1) is 0 Å². The van der Waals surface area contributed by atoms with Crippen molar-refractivity contribution < 1.29 is 14.7 Å². The number of benzene rings is 1. The van der Waals surface area contributed by atoms with Crippen molar-refractivity contribution in [1.29, 1.82) is 0 Å². The Hall–Kier alpha value is -2.24. The molecule has 2 rings (SSSR count). The molecule has 17 heavy (non-hydrogen) atoms. The number of hydrogen-bond acceptors (Lipinski definition) is 6. The summed E-state index contributed by atoms with van der Waals surface area (Å²) in [6.45, 7) is 3.91. The summed E-state index contributed by atoms with van der Waals surface area (Å²) in [6, 6.07) is 4.86. The third kappa shape index (κ3) is 2.47. The van der Waals surface area contributed by atoms with Crippen molar-refractivity contribution in [2.24, 2.45) is 0 Å². The van der Waals surface area contributed by atoms with Gasteiger partial charge in [-0.15, -0.1) is 0 Å². The maximum Gasteiger partial charge on any atom is 0.321 e. The lowest BCUT2D eigenvalue weighted by Gasteiger charge is -2.01. The number of nitrogens with one attached hydrogen (secondary N) is 1. The highest BCUT2D eigenvalue weighted by Crippen LogP contribution is 2.29. The van der Waals surface area contributed by atoms with Gasteiger partial charge in [0.1, 0.15) is 0 Å². The van der Waals surface area contributed by atoms with Crippen molar-refractivity contribution in [3.63, 3.8) is 0 Å². The second kappa shape index (κ2) is 4.32. The molecule has 0 saturated heterocycles. The van der Waals surface area contributed by atoms with Crippen molar-refractivity contribution in [2.45, 2.75) is 19.9 Å². The van der Waals surface area contributed by atoms with E-state index in [9.17, 15) is 10.2 Å². The molecule has 2 aromatic rings. The summed E-state index contributed by atoms with van der Waals surface area (Å²) in [6.07, 6.45) is 0. The predicted octanol–water partition coefficient (Wildman–Crippen LogP) is 1.97. The van der Waals surface area contributed by atoms with Gasteiger partial charge < -0.3 is 20.1 Å². The molecule has 1 aromatic heterocycles. The first kappa shape index (κ1) is 11.3. The largest absolute Gasteiger partial charge is 0.504 e. The molecule has 3 N–H and O–H groups in total. The standard InChI is InChI=1S/C11H13N3O3/c1-6(2)12-11-13-10(14-17-11)7-3-4-8(15)9(16)5-7/h3-6,15-16H,1-2H3,(H,12,13,14). The number of phenolic OH excluding ortho intramolecular Hbond substituents is 2. The van der Waals surface area contributed by atoms with E-state index in [2.05, 4.69) is 15.5 Å². The molecule has 0 spiro atoms. The first-order chi connectivity index (χ1) is 8.06. The first-order valence-corrected chi connectivity index (χ1v) is 5.19. The topological polar surface area (TPSA) is 91.4 Å². The summed E-state index contributed by atoms with van der Waals surface area (Å²) < 4.78 is 4.98. The zero-order valence-corrected chi connectivity index (χ0v) is 9.51. The molecular weight excluding hydrogens is 222 g/mol.